The molecule has 1 saturated carbocycles. The maximum absolute atomic E-state index is 14.6. The molecule has 0 bridgehead atoms. The highest BCUT2D eigenvalue weighted by molar-refractivity contribution is 5.95. The number of benzene rings is 2. The van der Waals surface area contributed by atoms with Crippen molar-refractivity contribution in [1.29, 1.82) is 0 Å². The number of methoxy groups -OCH3 is 1. The van der Waals surface area contributed by atoms with Gasteiger partial charge in [-0.1, -0.05) is 5.92 Å². The lowest BCUT2D eigenvalue weighted by atomic mass is 9.82. The van der Waals surface area contributed by atoms with E-state index in [2.05, 4.69) is 22.1 Å². The molecular formula is C31H25F6N3O6. The molecular weight excluding hydrogens is 624 g/mol. The molecule has 4 N–H and O–H groups in total. The zero-order valence-corrected chi connectivity index (χ0v) is 24.2. The van der Waals surface area contributed by atoms with E-state index < -0.39 is 76.6 Å². The molecule has 1 aliphatic carbocycles. The Hall–Kier alpha value is -4.97. The van der Waals surface area contributed by atoms with Crippen LogP contribution in [-0.4, -0.2) is 54.4 Å². The molecule has 2 aromatic carbocycles. The second-order valence-electron chi connectivity index (χ2n) is 10.9. The number of primary amides is 1. The highest BCUT2D eigenvalue weighted by Gasteiger charge is 2.57. The van der Waals surface area contributed by atoms with E-state index in [0.717, 1.165) is 18.9 Å². The fraction of sp³-hybridized carbons (Fsp3) is 0.323. The Balaban J connectivity index is 1.54. The van der Waals surface area contributed by atoms with E-state index in [1.807, 2.05) is 0 Å². The summed E-state index contributed by atoms with van der Waals surface area (Å²) in [6.07, 6.45) is -3.76. The van der Waals surface area contributed by atoms with Gasteiger partial charge >= 0.3 is 6.18 Å². The van der Waals surface area contributed by atoms with Crippen LogP contribution in [-0.2, 0) is 15.8 Å². The molecule has 1 aliphatic heterocycles. The molecule has 15 heteroatoms. The second kappa shape index (κ2) is 11.8. The monoisotopic (exact) mass is 649 g/mol. The van der Waals surface area contributed by atoms with Crippen molar-refractivity contribution in [2.45, 2.75) is 43.1 Å². The molecule has 0 spiro atoms. The molecule has 2 heterocycles. The lowest BCUT2D eigenvalue weighted by Gasteiger charge is -2.31. The number of aliphatic hydroxyl groups is 1. The minimum absolute atomic E-state index is 0.00427. The smallest absolute Gasteiger partial charge is 0.424 e. The average Bonchev–Trinajstić information content (AvgIpc) is 3.76. The quantitative estimate of drug-likeness (QED) is 0.192. The van der Waals surface area contributed by atoms with Gasteiger partial charge in [0.2, 0.25) is 11.5 Å². The van der Waals surface area contributed by atoms with Crippen LogP contribution >= 0.6 is 0 Å². The molecule has 46 heavy (non-hydrogen) atoms. The fourth-order valence-corrected chi connectivity index (χ4v) is 4.56. The number of fused-ring (bicyclic) bond motifs is 1. The van der Waals surface area contributed by atoms with E-state index in [1.165, 1.54) is 32.2 Å². The summed E-state index contributed by atoms with van der Waals surface area (Å²) in [6.45, 7) is -0.592. The van der Waals surface area contributed by atoms with Crippen molar-refractivity contribution in [2.75, 3.05) is 20.3 Å². The average molecular weight is 650 g/mol. The number of nitrogens with two attached hydrogens (primary N) is 1. The molecule has 2 amide bonds. The number of aromatic nitrogens is 1. The van der Waals surface area contributed by atoms with Gasteiger partial charge in [0, 0.05) is 16.7 Å². The first-order chi connectivity index (χ1) is 21.6. The second-order valence-corrected chi connectivity index (χ2v) is 10.9. The standard InChI is InChI=1S/C31H25F6N3O6/c1-29(28(38)42)14-45-26-18(29)12-24(40-21(26)7-3-15-9-19(32)25(34)20(33)10-15)30(43,31(35,36)37)13-39-27(41)16-4-8-22(23(11-16)44-2)46-17-5-6-17/h4,8-12,17,43H,5-6,13-14H2,1-2H3,(H2,38,42)(H,39,41)/t29-,30?/m0/s1. The van der Waals surface area contributed by atoms with Crippen LogP contribution in [0.15, 0.2) is 36.4 Å². The Morgan fingerprint density at radius 1 is 1.11 bits per heavy atom. The molecule has 5 rings (SSSR count). The van der Waals surface area contributed by atoms with E-state index >= 15 is 0 Å². The van der Waals surface area contributed by atoms with Crippen LogP contribution in [0.4, 0.5) is 26.3 Å². The SMILES string of the molecule is COc1cc(C(=O)NCC(O)(c2cc3c(c(C#Cc4cc(F)c(F)c(F)c4)n2)OC[C@]3(C)C(N)=O)C(F)(F)F)ccc1OC1CC1. The number of pyridine rings is 1. The number of halogens is 6. The summed E-state index contributed by atoms with van der Waals surface area (Å²) < 4.78 is 101. The maximum Gasteiger partial charge on any atom is 0.424 e. The summed E-state index contributed by atoms with van der Waals surface area (Å²) in [5.41, 5.74) is -2.41. The molecule has 2 atom stereocenters. The van der Waals surface area contributed by atoms with Crippen LogP contribution in [0.1, 0.15) is 52.6 Å². The number of nitrogens with one attached hydrogen (secondary N) is 1. The van der Waals surface area contributed by atoms with Gasteiger partial charge in [-0.2, -0.15) is 13.2 Å². The van der Waals surface area contributed by atoms with Crippen molar-refractivity contribution in [1.82, 2.24) is 10.3 Å². The van der Waals surface area contributed by atoms with Crippen LogP contribution < -0.4 is 25.3 Å². The first kappa shape index (κ1) is 32.4. The Bertz CT molecular complexity index is 1780. The third-order valence-corrected chi connectivity index (χ3v) is 7.57. The molecule has 2 aliphatic rings. The molecule has 0 radical (unpaired) electrons. The third-order valence-electron chi connectivity index (χ3n) is 7.57. The van der Waals surface area contributed by atoms with Crippen LogP contribution in [0, 0.1) is 29.3 Å². The number of rotatable bonds is 8. The van der Waals surface area contributed by atoms with Crippen molar-refractivity contribution >= 4 is 11.8 Å². The third kappa shape index (κ3) is 6.00. The summed E-state index contributed by atoms with van der Waals surface area (Å²) in [5.74, 6) is -2.07. The zero-order valence-electron chi connectivity index (χ0n) is 24.2. The van der Waals surface area contributed by atoms with Crippen LogP contribution in [0.2, 0.25) is 0 Å². The first-order valence-corrected chi connectivity index (χ1v) is 13.6. The van der Waals surface area contributed by atoms with Crippen molar-refractivity contribution in [3.8, 4) is 29.1 Å². The van der Waals surface area contributed by atoms with E-state index in [9.17, 15) is 41.0 Å². The lowest BCUT2D eigenvalue weighted by Crippen LogP contribution is -2.52. The minimum atomic E-state index is -5.46. The maximum atomic E-state index is 14.6. The van der Waals surface area contributed by atoms with Gasteiger partial charge in [-0.05, 0) is 62.1 Å². The van der Waals surface area contributed by atoms with Gasteiger partial charge in [0.25, 0.3) is 5.91 Å². The zero-order chi connectivity index (χ0) is 33.6. The predicted molar refractivity (Wildman–Crippen MR) is 148 cm³/mol. The van der Waals surface area contributed by atoms with Gasteiger partial charge < -0.3 is 30.4 Å². The molecule has 1 unspecified atom stereocenters. The molecule has 1 fully saturated rings. The van der Waals surface area contributed by atoms with E-state index in [1.54, 1.807) is 0 Å². The van der Waals surface area contributed by atoms with Gasteiger partial charge in [0.05, 0.1) is 25.5 Å². The number of amides is 2. The van der Waals surface area contributed by atoms with Gasteiger partial charge in [-0.3, -0.25) is 9.59 Å². The number of alkyl halides is 3. The van der Waals surface area contributed by atoms with Crippen molar-refractivity contribution < 1.29 is 55.2 Å². The summed E-state index contributed by atoms with van der Waals surface area (Å²) >= 11 is 0. The Labute approximate surface area is 257 Å². The van der Waals surface area contributed by atoms with Gasteiger partial charge in [0.1, 0.15) is 12.0 Å². The normalized spacial score (nSPS) is 18.4. The van der Waals surface area contributed by atoms with Crippen molar-refractivity contribution in [2.24, 2.45) is 5.73 Å². The van der Waals surface area contributed by atoms with Crippen LogP contribution in [0.5, 0.6) is 17.2 Å². The lowest BCUT2D eigenvalue weighted by molar-refractivity contribution is -0.265. The highest BCUT2D eigenvalue weighted by atomic mass is 19.4. The van der Waals surface area contributed by atoms with Gasteiger partial charge in [0.15, 0.2) is 40.4 Å². The number of nitrogens with zero attached hydrogens (tertiary/aromatic N) is 1. The largest absolute Gasteiger partial charge is 0.493 e. The Morgan fingerprint density at radius 2 is 1.78 bits per heavy atom. The number of ether oxygens (including phenoxy) is 3. The van der Waals surface area contributed by atoms with Crippen molar-refractivity contribution in [3.05, 3.63) is 81.9 Å². The number of hydrogen-bond donors (Lipinski definition) is 3. The summed E-state index contributed by atoms with van der Waals surface area (Å²) in [6, 6.07) is 5.86. The minimum Gasteiger partial charge on any atom is -0.493 e. The molecule has 0 saturated heterocycles. The van der Waals surface area contributed by atoms with Crippen LogP contribution in [0.3, 0.4) is 0 Å². The van der Waals surface area contributed by atoms with Crippen LogP contribution in [0.25, 0.3) is 0 Å². The molecule has 1 aromatic heterocycles. The van der Waals surface area contributed by atoms with Gasteiger partial charge in [-0.15, -0.1) is 0 Å². The summed E-state index contributed by atoms with van der Waals surface area (Å²) in [7, 11) is 1.33. The van der Waals surface area contributed by atoms with Crippen molar-refractivity contribution in [3.63, 3.8) is 0 Å². The Morgan fingerprint density at radius 3 is 2.37 bits per heavy atom. The topological polar surface area (TPSA) is 133 Å². The first-order valence-electron chi connectivity index (χ1n) is 13.6. The highest BCUT2D eigenvalue weighted by Crippen LogP contribution is 2.45. The van der Waals surface area contributed by atoms with E-state index in [4.69, 9.17) is 19.9 Å². The fourth-order valence-electron chi connectivity index (χ4n) is 4.56. The van der Waals surface area contributed by atoms with E-state index in [0.29, 0.717) is 17.9 Å². The number of carbonyl (C=O) groups is 2. The van der Waals surface area contributed by atoms with Gasteiger partial charge in [-0.25, -0.2) is 18.2 Å². The number of carbonyl (C=O) groups excluding carboxylic acids is 2. The van der Waals surface area contributed by atoms with E-state index in [-0.39, 0.29) is 28.7 Å². The molecule has 242 valence electrons. The Kier molecular flexibility index (Phi) is 8.28. The molecule has 9 nitrogen and oxygen atoms in total. The predicted octanol–water partition coefficient (Wildman–Crippen LogP) is 3.76. The molecule has 3 aromatic rings. The summed E-state index contributed by atoms with van der Waals surface area (Å²) in [4.78, 5) is 29.1. The summed E-state index contributed by atoms with van der Waals surface area (Å²) in [5, 5.41) is 13.2. The number of hydrogen-bond acceptors (Lipinski definition) is 7.